The Morgan fingerprint density at radius 1 is 1.24 bits per heavy atom. The SMILES string of the molecule is C[C@@H]1C[C@H](c2ccccc2)[C@H](C)N1C(=O)[C@H](C)S(C)(=O)=O. The fourth-order valence-electron chi connectivity index (χ4n) is 3.20. The molecule has 21 heavy (non-hydrogen) atoms. The lowest BCUT2D eigenvalue weighted by molar-refractivity contribution is -0.132. The molecule has 1 aromatic carbocycles. The predicted molar refractivity (Wildman–Crippen MR) is 83.9 cm³/mol. The molecular weight excluding hydrogens is 286 g/mol. The molecule has 1 aromatic rings. The zero-order valence-electron chi connectivity index (χ0n) is 13.0. The number of rotatable bonds is 3. The maximum atomic E-state index is 12.5. The topological polar surface area (TPSA) is 54.5 Å². The molecule has 4 atom stereocenters. The Bertz CT molecular complexity index is 612. The summed E-state index contributed by atoms with van der Waals surface area (Å²) in [6.45, 7) is 5.48. The zero-order chi connectivity index (χ0) is 15.8. The summed E-state index contributed by atoms with van der Waals surface area (Å²) < 4.78 is 23.3. The number of amides is 1. The molecule has 0 radical (unpaired) electrons. The van der Waals surface area contributed by atoms with Crippen molar-refractivity contribution in [2.75, 3.05) is 6.26 Å². The minimum absolute atomic E-state index is 0.0131. The summed E-state index contributed by atoms with van der Waals surface area (Å²) in [5, 5.41) is -0.975. The smallest absolute Gasteiger partial charge is 0.241 e. The van der Waals surface area contributed by atoms with Crippen LogP contribution in [0, 0.1) is 0 Å². The maximum Gasteiger partial charge on any atom is 0.241 e. The standard InChI is InChI=1S/C16H23NO3S/c1-11-10-15(14-8-6-5-7-9-14)12(2)17(11)16(18)13(3)21(4,19)20/h5-9,11-13,15H,10H2,1-4H3/t11-,12+,13+,15+/m1/s1. The highest BCUT2D eigenvalue weighted by Gasteiger charge is 2.42. The van der Waals surface area contributed by atoms with Crippen molar-refractivity contribution in [2.24, 2.45) is 0 Å². The Morgan fingerprint density at radius 2 is 1.81 bits per heavy atom. The van der Waals surface area contributed by atoms with E-state index in [4.69, 9.17) is 0 Å². The Kier molecular flexibility index (Phi) is 4.42. The average Bonchev–Trinajstić information content (AvgIpc) is 2.72. The molecule has 1 amide bonds. The number of hydrogen-bond acceptors (Lipinski definition) is 3. The highest BCUT2D eigenvalue weighted by molar-refractivity contribution is 7.92. The van der Waals surface area contributed by atoms with E-state index in [2.05, 4.69) is 12.1 Å². The summed E-state index contributed by atoms with van der Waals surface area (Å²) >= 11 is 0. The first-order valence-corrected chi connectivity index (χ1v) is 9.25. The van der Waals surface area contributed by atoms with E-state index >= 15 is 0 Å². The molecule has 0 N–H and O–H groups in total. The molecular formula is C16H23NO3S. The van der Waals surface area contributed by atoms with Crippen LogP contribution in [0.5, 0.6) is 0 Å². The van der Waals surface area contributed by atoms with Gasteiger partial charge in [0.1, 0.15) is 5.25 Å². The van der Waals surface area contributed by atoms with Crippen LogP contribution in [0.1, 0.15) is 38.7 Å². The maximum absolute atomic E-state index is 12.5. The van der Waals surface area contributed by atoms with Crippen molar-refractivity contribution in [3.63, 3.8) is 0 Å². The molecule has 0 saturated carbocycles. The molecule has 0 spiro atoms. The van der Waals surface area contributed by atoms with Gasteiger partial charge in [0.15, 0.2) is 9.84 Å². The van der Waals surface area contributed by atoms with E-state index in [1.54, 1.807) is 4.90 Å². The normalized spacial score (nSPS) is 27.6. The Hall–Kier alpha value is -1.36. The van der Waals surface area contributed by atoms with Crippen LogP contribution in [-0.4, -0.2) is 42.8 Å². The lowest BCUT2D eigenvalue weighted by atomic mass is 9.92. The third-order valence-electron chi connectivity index (χ3n) is 4.56. The fraction of sp³-hybridized carbons (Fsp3) is 0.562. The summed E-state index contributed by atoms with van der Waals surface area (Å²) in [6.07, 6.45) is 1.99. The molecule has 0 aromatic heterocycles. The van der Waals surface area contributed by atoms with Gasteiger partial charge in [-0.3, -0.25) is 4.79 Å². The minimum atomic E-state index is -3.36. The van der Waals surface area contributed by atoms with Crippen LogP contribution in [-0.2, 0) is 14.6 Å². The molecule has 1 aliphatic heterocycles. The van der Waals surface area contributed by atoms with E-state index < -0.39 is 15.1 Å². The Balaban J connectivity index is 2.25. The van der Waals surface area contributed by atoms with Gasteiger partial charge in [-0.2, -0.15) is 0 Å². The van der Waals surface area contributed by atoms with Crippen molar-refractivity contribution in [3.8, 4) is 0 Å². The molecule has 1 heterocycles. The first kappa shape index (κ1) is 16.0. The predicted octanol–water partition coefficient (Wildman–Crippen LogP) is 2.21. The van der Waals surface area contributed by atoms with Crippen LogP contribution in [0.15, 0.2) is 30.3 Å². The van der Waals surface area contributed by atoms with Crippen LogP contribution >= 0.6 is 0 Å². The molecule has 4 nitrogen and oxygen atoms in total. The highest BCUT2D eigenvalue weighted by Crippen LogP contribution is 2.37. The van der Waals surface area contributed by atoms with Gasteiger partial charge < -0.3 is 4.90 Å². The van der Waals surface area contributed by atoms with E-state index in [-0.39, 0.29) is 23.9 Å². The second-order valence-corrected chi connectivity index (χ2v) is 8.43. The van der Waals surface area contributed by atoms with Crippen molar-refractivity contribution < 1.29 is 13.2 Å². The third-order valence-corrected chi connectivity index (χ3v) is 6.05. The number of hydrogen-bond donors (Lipinski definition) is 0. The number of benzene rings is 1. The van der Waals surface area contributed by atoms with E-state index in [1.807, 2.05) is 32.0 Å². The van der Waals surface area contributed by atoms with Crippen LogP contribution in [0.3, 0.4) is 0 Å². The van der Waals surface area contributed by atoms with Crippen LogP contribution in [0.25, 0.3) is 0 Å². The van der Waals surface area contributed by atoms with E-state index in [0.717, 1.165) is 12.7 Å². The van der Waals surface area contributed by atoms with Gasteiger partial charge in [-0.15, -0.1) is 0 Å². The highest BCUT2D eigenvalue weighted by atomic mass is 32.2. The van der Waals surface area contributed by atoms with E-state index in [1.165, 1.54) is 12.5 Å². The van der Waals surface area contributed by atoms with E-state index in [0.29, 0.717) is 0 Å². The summed E-state index contributed by atoms with van der Waals surface area (Å²) in [5.41, 5.74) is 1.21. The summed E-state index contributed by atoms with van der Waals surface area (Å²) in [5.74, 6) is -0.0205. The molecule has 0 bridgehead atoms. The van der Waals surface area contributed by atoms with Gasteiger partial charge in [0.05, 0.1) is 0 Å². The van der Waals surface area contributed by atoms with Gasteiger partial charge in [-0.1, -0.05) is 30.3 Å². The Labute approximate surface area is 127 Å². The van der Waals surface area contributed by atoms with Crippen LogP contribution < -0.4 is 0 Å². The number of sulfone groups is 1. The number of carbonyl (C=O) groups is 1. The molecule has 1 aliphatic rings. The van der Waals surface area contributed by atoms with Gasteiger partial charge in [-0.05, 0) is 32.8 Å². The van der Waals surface area contributed by atoms with Crippen LogP contribution in [0.4, 0.5) is 0 Å². The monoisotopic (exact) mass is 309 g/mol. The first-order valence-electron chi connectivity index (χ1n) is 7.29. The van der Waals surface area contributed by atoms with Crippen molar-refractivity contribution in [1.29, 1.82) is 0 Å². The number of carbonyl (C=O) groups excluding carboxylic acids is 1. The fourth-order valence-corrected chi connectivity index (χ4v) is 3.69. The summed E-state index contributed by atoms with van der Waals surface area (Å²) in [4.78, 5) is 14.3. The van der Waals surface area contributed by atoms with Gasteiger partial charge in [0.2, 0.25) is 5.91 Å². The quantitative estimate of drug-likeness (QED) is 0.860. The van der Waals surface area contributed by atoms with Gasteiger partial charge in [0, 0.05) is 24.3 Å². The molecule has 2 rings (SSSR count). The zero-order valence-corrected chi connectivity index (χ0v) is 13.8. The van der Waals surface area contributed by atoms with Crippen LogP contribution in [0.2, 0.25) is 0 Å². The first-order chi connectivity index (χ1) is 9.73. The minimum Gasteiger partial charge on any atom is -0.336 e. The van der Waals surface area contributed by atoms with Gasteiger partial charge >= 0.3 is 0 Å². The molecule has 0 unspecified atom stereocenters. The average molecular weight is 309 g/mol. The Morgan fingerprint density at radius 3 is 2.33 bits per heavy atom. The van der Waals surface area contributed by atoms with Crippen molar-refractivity contribution in [3.05, 3.63) is 35.9 Å². The van der Waals surface area contributed by atoms with Gasteiger partial charge in [0.25, 0.3) is 0 Å². The summed E-state index contributed by atoms with van der Waals surface area (Å²) in [6, 6.07) is 10.2. The molecule has 1 saturated heterocycles. The molecule has 0 aliphatic carbocycles. The molecule has 1 fully saturated rings. The lowest BCUT2D eigenvalue weighted by Gasteiger charge is -2.30. The molecule has 116 valence electrons. The largest absolute Gasteiger partial charge is 0.336 e. The number of nitrogens with zero attached hydrogens (tertiary/aromatic N) is 1. The van der Waals surface area contributed by atoms with Gasteiger partial charge in [-0.25, -0.2) is 8.42 Å². The second kappa shape index (κ2) is 5.79. The van der Waals surface area contributed by atoms with Crippen molar-refractivity contribution in [2.45, 2.75) is 50.4 Å². The second-order valence-electron chi connectivity index (χ2n) is 6.06. The number of likely N-dealkylation sites (tertiary alicyclic amines) is 1. The van der Waals surface area contributed by atoms with E-state index in [9.17, 15) is 13.2 Å². The van der Waals surface area contributed by atoms with Crippen molar-refractivity contribution >= 4 is 15.7 Å². The summed E-state index contributed by atoms with van der Waals surface area (Å²) in [7, 11) is -3.36. The molecule has 5 heteroatoms. The van der Waals surface area contributed by atoms with Crippen molar-refractivity contribution in [1.82, 2.24) is 4.90 Å². The lowest BCUT2D eigenvalue weighted by Crippen LogP contribution is -2.46. The third kappa shape index (κ3) is 3.12.